The summed E-state index contributed by atoms with van der Waals surface area (Å²) in [6.45, 7) is 2.04. The molecule has 0 saturated heterocycles. The van der Waals surface area contributed by atoms with Crippen molar-refractivity contribution in [3.8, 4) is 22.5 Å². The summed E-state index contributed by atoms with van der Waals surface area (Å²) in [6.07, 6.45) is 0. The van der Waals surface area contributed by atoms with Gasteiger partial charge in [-0.2, -0.15) is 0 Å². The number of fused-ring (bicyclic) bond motifs is 3. The van der Waals surface area contributed by atoms with Gasteiger partial charge in [0.2, 0.25) is 0 Å². The smallest absolute Gasteiger partial charge is 0.139 e. The fourth-order valence-electron chi connectivity index (χ4n) is 4.95. The second-order valence-corrected chi connectivity index (χ2v) is 10.4. The van der Waals surface area contributed by atoms with Crippen LogP contribution < -0.4 is 4.90 Å². The first-order chi connectivity index (χ1) is 19.2. The molecular weight excluding hydrogens is 496 g/mol. The van der Waals surface area contributed by atoms with Crippen LogP contribution >= 0.6 is 11.3 Å². The van der Waals surface area contributed by atoms with Gasteiger partial charge >= 0.3 is 0 Å². The Balaban J connectivity index is 1.38. The molecule has 0 unspecified atom stereocenters. The molecule has 5 heteroatoms. The monoisotopic (exact) mass is 520 g/mol. The lowest BCUT2D eigenvalue weighted by Crippen LogP contribution is -2.13. The van der Waals surface area contributed by atoms with E-state index >= 15 is 0 Å². The number of aryl methyl sites for hydroxylation is 1. The quantitative estimate of drug-likeness (QED) is 0.227. The molecule has 0 aliphatic carbocycles. The second-order valence-electron chi connectivity index (χ2n) is 9.39. The maximum atomic E-state index is 5.21. The van der Waals surface area contributed by atoms with Crippen molar-refractivity contribution < 1.29 is 0 Å². The van der Waals surface area contributed by atoms with Crippen molar-refractivity contribution in [3.63, 3.8) is 0 Å². The highest BCUT2D eigenvalue weighted by molar-refractivity contribution is 7.26. The van der Waals surface area contributed by atoms with Crippen molar-refractivity contribution in [3.05, 3.63) is 133 Å². The normalized spacial score (nSPS) is 11.2. The Morgan fingerprint density at radius 2 is 1.21 bits per heavy atom. The highest BCUT2D eigenvalue weighted by Gasteiger charge is 2.18. The summed E-state index contributed by atoms with van der Waals surface area (Å²) >= 11 is 1.73. The van der Waals surface area contributed by atoms with Crippen molar-refractivity contribution in [2.45, 2.75) is 6.92 Å². The van der Waals surface area contributed by atoms with Gasteiger partial charge in [-0.25, -0.2) is 15.0 Å². The van der Waals surface area contributed by atoms with Gasteiger partial charge in [-0.1, -0.05) is 78.9 Å². The van der Waals surface area contributed by atoms with E-state index in [0.29, 0.717) is 0 Å². The minimum Gasteiger partial charge on any atom is -0.279 e. The topological polar surface area (TPSA) is 41.9 Å². The van der Waals surface area contributed by atoms with Gasteiger partial charge in [0.25, 0.3) is 0 Å². The summed E-state index contributed by atoms with van der Waals surface area (Å²) in [7, 11) is 0. The van der Waals surface area contributed by atoms with Crippen LogP contribution in [0.2, 0.25) is 0 Å². The number of thiophene rings is 1. The molecule has 7 rings (SSSR count). The van der Waals surface area contributed by atoms with Crippen LogP contribution in [0.4, 0.5) is 17.3 Å². The number of hydrogen-bond acceptors (Lipinski definition) is 5. The summed E-state index contributed by atoms with van der Waals surface area (Å²) in [6, 6.07) is 43.6. The molecule has 0 atom stereocenters. The lowest BCUT2D eigenvalue weighted by molar-refractivity contribution is 1.13. The Morgan fingerprint density at radius 3 is 1.97 bits per heavy atom. The lowest BCUT2D eigenvalue weighted by Gasteiger charge is -2.24. The van der Waals surface area contributed by atoms with Crippen LogP contribution in [0.3, 0.4) is 0 Å². The summed E-state index contributed by atoms with van der Waals surface area (Å²) in [4.78, 5) is 18.2. The maximum absolute atomic E-state index is 5.21. The molecule has 39 heavy (non-hydrogen) atoms. The zero-order valence-electron chi connectivity index (χ0n) is 21.3. The van der Waals surface area contributed by atoms with E-state index in [9.17, 15) is 0 Å². The second kappa shape index (κ2) is 9.78. The largest absolute Gasteiger partial charge is 0.279 e. The number of aromatic nitrogens is 3. The molecule has 3 aromatic carbocycles. The molecular formula is C34H24N4S. The highest BCUT2D eigenvalue weighted by Crippen LogP contribution is 2.40. The van der Waals surface area contributed by atoms with E-state index < -0.39 is 0 Å². The molecule has 186 valence electrons. The summed E-state index contributed by atoms with van der Waals surface area (Å²) < 4.78 is 1.20. The molecule has 0 N–H and O–H groups in total. The number of nitrogens with zero attached hydrogens (tertiary/aromatic N) is 4. The Kier molecular flexibility index (Phi) is 5.83. The molecule has 0 aliphatic rings. The predicted molar refractivity (Wildman–Crippen MR) is 163 cm³/mol. The van der Waals surface area contributed by atoms with Crippen molar-refractivity contribution in [2.75, 3.05) is 4.90 Å². The van der Waals surface area contributed by atoms with E-state index in [0.717, 1.165) is 50.4 Å². The van der Waals surface area contributed by atoms with E-state index in [4.69, 9.17) is 15.0 Å². The first kappa shape index (κ1) is 23.3. The van der Waals surface area contributed by atoms with Crippen LogP contribution in [0.5, 0.6) is 0 Å². The molecule has 4 nitrogen and oxygen atoms in total. The van der Waals surface area contributed by atoms with Gasteiger partial charge in [0, 0.05) is 38.0 Å². The third kappa shape index (κ3) is 4.33. The van der Waals surface area contributed by atoms with Crippen molar-refractivity contribution in [1.82, 2.24) is 15.0 Å². The Labute approximate surface area is 230 Å². The minimum atomic E-state index is 0.809. The molecule has 7 aromatic rings. The average Bonchev–Trinajstić information content (AvgIpc) is 3.36. The Hall–Kier alpha value is -4.87. The molecule has 4 aromatic heterocycles. The van der Waals surface area contributed by atoms with E-state index in [2.05, 4.69) is 77.7 Å². The van der Waals surface area contributed by atoms with E-state index in [-0.39, 0.29) is 0 Å². The first-order valence-electron chi connectivity index (χ1n) is 12.9. The van der Waals surface area contributed by atoms with Crippen LogP contribution in [0.1, 0.15) is 5.69 Å². The average molecular weight is 521 g/mol. The fraction of sp³-hybridized carbons (Fsp3) is 0.0294. The maximum Gasteiger partial charge on any atom is 0.139 e. The van der Waals surface area contributed by atoms with Crippen LogP contribution in [-0.2, 0) is 0 Å². The van der Waals surface area contributed by atoms with Crippen LogP contribution in [-0.4, -0.2) is 15.0 Å². The molecule has 0 bridgehead atoms. The van der Waals surface area contributed by atoms with Gasteiger partial charge in [0.05, 0.1) is 11.4 Å². The van der Waals surface area contributed by atoms with Crippen LogP contribution in [0, 0.1) is 6.92 Å². The summed E-state index contributed by atoms with van der Waals surface area (Å²) in [5.41, 5.74) is 6.05. The fourth-order valence-corrected chi connectivity index (χ4v) is 6.19. The molecule has 0 fully saturated rings. The Bertz CT molecular complexity index is 1930. The van der Waals surface area contributed by atoms with Crippen LogP contribution in [0.25, 0.3) is 42.8 Å². The lowest BCUT2D eigenvalue weighted by atomic mass is 10.1. The number of hydrogen-bond donors (Lipinski definition) is 0. The number of anilines is 3. The summed E-state index contributed by atoms with van der Waals surface area (Å²) in [5.74, 6) is 1.62. The first-order valence-corrected chi connectivity index (χ1v) is 13.7. The third-order valence-electron chi connectivity index (χ3n) is 6.79. The summed E-state index contributed by atoms with van der Waals surface area (Å²) in [5, 5.41) is 2.40. The Morgan fingerprint density at radius 1 is 0.538 bits per heavy atom. The van der Waals surface area contributed by atoms with Crippen molar-refractivity contribution >= 4 is 49.0 Å². The SMILES string of the molecule is Cc1ccc2c(n1)sc1c(-c3cccc(N(c4ccccc4)c4cccc(-c5ccccc5)n4)n3)cccc12. The molecule has 0 amide bonds. The van der Waals surface area contributed by atoms with Gasteiger partial charge in [0.15, 0.2) is 0 Å². The number of para-hydroxylation sites is 1. The van der Waals surface area contributed by atoms with E-state index in [1.807, 2.05) is 61.5 Å². The number of pyridine rings is 3. The standard InChI is InChI=1S/C34H24N4S/c1-23-21-22-27-26-15-8-16-28(33(26)39-34(27)35-23)30-18-10-20-32(37-30)38(25-13-6-3-7-14-25)31-19-9-17-29(36-31)24-11-4-2-5-12-24/h2-22H,1H3. The molecule has 4 heterocycles. The van der Waals surface area contributed by atoms with E-state index in [1.54, 1.807) is 11.3 Å². The van der Waals surface area contributed by atoms with Gasteiger partial charge in [0.1, 0.15) is 16.5 Å². The highest BCUT2D eigenvalue weighted by atomic mass is 32.1. The van der Waals surface area contributed by atoms with Gasteiger partial charge in [-0.15, -0.1) is 11.3 Å². The zero-order valence-corrected chi connectivity index (χ0v) is 22.1. The molecule has 0 spiro atoms. The van der Waals surface area contributed by atoms with Gasteiger partial charge in [-0.05, 0) is 55.5 Å². The molecule has 0 saturated carbocycles. The van der Waals surface area contributed by atoms with Crippen molar-refractivity contribution in [2.24, 2.45) is 0 Å². The predicted octanol–water partition coefficient (Wildman–Crippen LogP) is 9.35. The zero-order chi connectivity index (χ0) is 26.2. The van der Waals surface area contributed by atoms with Crippen molar-refractivity contribution in [1.29, 1.82) is 0 Å². The van der Waals surface area contributed by atoms with Crippen LogP contribution in [0.15, 0.2) is 127 Å². The van der Waals surface area contributed by atoms with Gasteiger partial charge in [-0.3, -0.25) is 4.90 Å². The number of benzene rings is 3. The number of rotatable bonds is 5. The van der Waals surface area contributed by atoms with E-state index in [1.165, 1.54) is 15.5 Å². The minimum absolute atomic E-state index is 0.809. The molecule has 0 radical (unpaired) electrons. The van der Waals surface area contributed by atoms with Gasteiger partial charge < -0.3 is 0 Å². The third-order valence-corrected chi connectivity index (χ3v) is 7.94. The molecule has 0 aliphatic heterocycles.